The van der Waals surface area contributed by atoms with Crippen molar-refractivity contribution in [3.63, 3.8) is 0 Å². The van der Waals surface area contributed by atoms with Gasteiger partial charge in [-0.2, -0.15) is 26.3 Å². The maximum absolute atomic E-state index is 14.1. The van der Waals surface area contributed by atoms with E-state index in [1.165, 1.54) is 19.1 Å². The van der Waals surface area contributed by atoms with Crippen LogP contribution in [0.15, 0.2) is 47.5 Å². The largest absolute Gasteiger partial charge is 0.416 e. The number of hydrogen-bond acceptors (Lipinski definition) is 3. The number of nitrogens with one attached hydrogen (secondary N) is 3. The van der Waals surface area contributed by atoms with Gasteiger partial charge in [0, 0.05) is 23.2 Å². The summed E-state index contributed by atoms with van der Waals surface area (Å²) in [5, 5.41) is 7.48. The number of rotatable bonds is 5. The molecule has 5 nitrogen and oxygen atoms in total. The van der Waals surface area contributed by atoms with E-state index in [-0.39, 0.29) is 22.2 Å². The minimum atomic E-state index is -4.66. The molecule has 1 saturated heterocycles. The Bertz CT molecular complexity index is 1220. The van der Waals surface area contributed by atoms with Gasteiger partial charge >= 0.3 is 12.4 Å². The van der Waals surface area contributed by atoms with Crippen LogP contribution in [0.2, 0.25) is 5.02 Å². The molecule has 1 aliphatic rings. The lowest BCUT2D eigenvalue weighted by Gasteiger charge is -2.31. The third-order valence-electron chi connectivity index (χ3n) is 6.85. The number of benzene rings is 2. The number of nitrogens with zero attached hydrogens (tertiary/aromatic N) is 1. The van der Waals surface area contributed by atoms with E-state index in [1.807, 2.05) is 6.92 Å². The van der Waals surface area contributed by atoms with Crippen LogP contribution < -0.4 is 16.0 Å². The number of guanidine groups is 1. The second-order valence-corrected chi connectivity index (χ2v) is 10.4. The van der Waals surface area contributed by atoms with E-state index in [4.69, 9.17) is 11.6 Å². The predicted octanol–water partition coefficient (Wildman–Crippen LogP) is 7.43. The highest BCUT2D eigenvalue weighted by molar-refractivity contribution is 6.30. The average molecular weight is 595 g/mol. The van der Waals surface area contributed by atoms with E-state index in [9.17, 15) is 35.5 Å². The molecule has 1 aliphatic heterocycles. The third kappa shape index (κ3) is 8.09. The minimum Gasteiger partial charge on any atom is -0.326 e. The molecular weight excluding hydrogens is 565 g/mol. The molecule has 1 fully saturated rings. The molecule has 5 unspecified atom stereocenters. The molecule has 2 aromatic carbocycles. The molecule has 220 valence electrons. The van der Waals surface area contributed by atoms with Gasteiger partial charge in [-0.3, -0.25) is 10.1 Å². The zero-order chi connectivity index (χ0) is 29.8. The van der Waals surface area contributed by atoms with E-state index in [1.54, 1.807) is 6.92 Å². The van der Waals surface area contributed by atoms with Crippen molar-refractivity contribution >= 4 is 29.2 Å². The standard InChI is InChI=1S/C27H30ClF7N4O/c1-4-6-18-11-14(2)22(15(3)23(36-18)27(33,34)35)38-25(37-19-8-5-7-17(13-19)26(30,31)32)39-24(40)16-9-10-20(28)21(29)12-16/h5,7-10,12-15,18,22-23,36H,4,6,11H2,1-3H3,(H2,37,38,39,40). The Labute approximate surface area is 232 Å². The quantitative estimate of drug-likeness (QED) is 0.192. The minimum absolute atomic E-state index is 0.112. The van der Waals surface area contributed by atoms with Crippen molar-refractivity contribution in [2.24, 2.45) is 16.8 Å². The molecule has 0 spiro atoms. The van der Waals surface area contributed by atoms with Gasteiger partial charge in [0.05, 0.1) is 16.6 Å². The molecule has 2 aromatic rings. The van der Waals surface area contributed by atoms with Crippen LogP contribution in [0, 0.1) is 17.7 Å². The molecule has 13 heteroatoms. The van der Waals surface area contributed by atoms with Crippen LogP contribution in [-0.2, 0) is 6.18 Å². The van der Waals surface area contributed by atoms with Crippen molar-refractivity contribution in [1.82, 2.24) is 10.6 Å². The molecule has 1 amide bonds. The van der Waals surface area contributed by atoms with Gasteiger partial charge in [0.15, 0.2) is 0 Å². The van der Waals surface area contributed by atoms with Crippen LogP contribution in [0.5, 0.6) is 0 Å². The Morgan fingerprint density at radius 2 is 1.80 bits per heavy atom. The molecule has 1 heterocycles. The maximum atomic E-state index is 14.1. The van der Waals surface area contributed by atoms with Crippen LogP contribution >= 0.6 is 11.6 Å². The van der Waals surface area contributed by atoms with E-state index >= 15 is 0 Å². The van der Waals surface area contributed by atoms with Crippen molar-refractivity contribution < 1.29 is 35.5 Å². The van der Waals surface area contributed by atoms with Gasteiger partial charge in [0.25, 0.3) is 5.91 Å². The summed E-state index contributed by atoms with van der Waals surface area (Å²) in [6, 6.07) is 3.95. The number of amides is 1. The zero-order valence-electron chi connectivity index (χ0n) is 21.9. The van der Waals surface area contributed by atoms with Gasteiger partial charge in [-0.25, -0.2) is 9.38 Å². The highest BCUT2D eigenvalue weighted by atomic mass is 35.5. The Morgan fingerprint density at radius 3 is 2.40 bits per heavy atom. The summed E-state index contributed by atoms with van der Waals surface area (Å²) in [5.41, 5.74) is -1.28. The molecule has 0 bridgehead atoms. The van der Waals surface area contributed by atoms with Crippen LogP contribution in [-0.4, -0.2) is 36.2 Å². The lowest BCUT2D eigenvalue weighted by molar-refractivity contribution is -0.168. The highest BCUT2D eigenvalue weighted by Gasteiger charge is 2.49. The first-order chi connectivity index (χ1) is 18.6. The first-order valence-corrected chi connectivity index (χ1v) is 13.1. The van der Waals surface area contributed by atoms with Gasteiger partial charge in [-0.15, -0.1) is 0 Å². The topological polar surface area (TPSA) is 65.5 Å². The van der Waals surface area contributed by atoms with Crippen LogP contribution in [0.3, 0.4) is 0 Å². The molecule has 3 rings (SSSR count). The number of carbonyl (C=O) groups excluding carboxylic acids is 1. The Hall–Kier alpha value is -2.86. The highest BCUT2D eigenvalue weighted by Crippen LogP contribution is 2.36. The number of hydrogen-bond donors (Lipinski definition) is 3. The van der Waals surface area contributed by atoms with Crippen molar-refractivity contribution in [2.45, 2.75) is 70.5 Å². The van der Waals surface area contributed by atoms with Crippen molar-refractivity contribution in [2.75, 3.05) is 5.32 Å². The normalized spacial score (nSPS) is 24.4. The first-order valence-electron chi connectivity index (χ1n) is 12.7. The summed E-state index contributed by atoms with van der Waals surface area (Å²) >= 11 is 5.68. The number of carbonyl (C=O) groups is 1. The zero-order valence-corrected chi connectivity index (χ0v) is 22.7. The number of aliphatic imine (C=N–C) groups is 1. The SMILES string of the molecule is CCCC1CC(C)C(N=C(NC(=O)c2ccc(Cl)c(F)c2)Nc2cccc(C(F)(F)F)c2)C(C)C(C(F)(F)F)N1. The van der Waals surface area contributed by atoms with Crippen molar-refractivity contribution in [1.29, 1.82) is 0 Å². The number of alkyl halides is 6. The van der Waals surface area contributed by atoms with Crippen molar-refractivity contribution in [3.05, 3.63) is 64.4 Å². The second kappa shape index (κ2) is 12.8. The summed E-state index contributed by atoms with van der Waals surface area (Å²) in [4.78, 5) is 17.4. The third-order valence-corrected chi connectivity index (χ3v) is 7.16. The Balaban J connectivity index is 2.04. The number of anilines is 1. The molecule has 40 heavy (non-hydrogen) atoms. The molecule has 3 N–H and O–H groups in total. The summed E-state index contributed by atoms with van der Waals surface area (Å²) < 4.78 is 96.1. The summed E-state index contributed by atoms with van der Waals surface area (Å²) in [6.07, 6.45) is -7.74. The molecular formula is C27H30ClF7N4O. The molecule has 5 atom stereocenters. The van der Waals surface area contributed by atoms with Crippen LogP contribution in [0.25, 0.3) is 0 Å². The van der Waals surface area contributed by atoms with Crippen molar-refractivity contribution in [3.8, 4) is 0 Å². The maximum Gasteiger partial charge on any atom is 0.416 e. The average Bonchev–Trinajstić information content (AvgIpc) is 2.97. The molecule has 0 aromatic heterocycles. The van der Waals surface area contributed by atoms with Crippen LogP contribution in [0.1, 0.15) is 56.0 Å². The van der Waals surface area contributed by atoms with E-state index in [2.05, 4.69) is 20.9 Å². The second-order valence-electron chi connectivity index (χ2n) is 10.00. The lowest BCUT2D eigenvalue weighted by atomic mass is 9.85. The van der Waals surface area contributed by atoms with Gasteiger partial charge in [0.2, 0.25) is 5.96 Å². The Morgan fingerprint density at radius 1 is 1.10 bits per heavy atom. The monoisotopic (exact) mass is 594 g/mol. The molecule has 0 saturated carbocycles. The summed E-state index contributed by atoms with van der Waals surface area (Å²) in [7, 11) is 0. The fourth-order valence-corrected chi connectivity index (χ4v) is 5.05. The first kappa shape index (κ1) is 31.7. The number of halogens is 8. The Kier molecular flexibility index (Phi) is 10.1. The summed E-state index contributed by atoms with van der Waals surface area (Å²) in [5.74, 6) is -3.64. The van der Waals surface area contributed by atoms with E-state index in [0.29, 0.717) is 19.3 Å². The van der Waals surface area contributed by atoms with Gasteiger partial charge in [-0.05, 0) is 55.2 Å². The van der Waals surface area contributed by atoms with Gasteiger partial charge in [0.1, 0.15) is 11.9 Å². The predicted molar refractivity (Wildman–Crippen MR) is 140 cm³/mol. The molecule has 0 aliphatic carbocycles. The van der Waals surface area contributed by atoms with Crippen LogP contribution in [0.4, 0.5) is 36.4 Å². The van der Waals surface area contributed by atoms with E-state index in [0.717, 1.165) is 30.3 Å². The van der Waals surface area contributed by atoms with Gasteiger partial charge in [-0.1, -0.05) is 44.9 Å². The van der Waals surface area contributed by atoms with E-state index < -0.39 is 59.6 Å². The lowest BCUT2D eigenvalue weighted by Crippen LogP contribution is -2.51. The fourth-order valence-electron chi connectivity index (χ4n) is 4.94. The fraction of sp³-hybridized carbons (Fsp3) is 0.481. The summed E-state index contributed by atoms with van der Waals surface area (Å²) in [6.45, 7) is 5.00. The molecule has 0 radical (unpaired) electrons. The van der Waals surface area contributed by atoms with Gasteiger partial charge < -0.3 is 10.6 Å². The smallest absolute Gasteiger partial charge is 0.326 e.